The lowest BCUT2D eigenvalue weighted by molar-refractivity contribution is 0.0401. The molecule has 18 heavy (non-hydrogen) atoms. The summed E-state index contributed by atoms with van der Waals surface area (Å²) >= 11 is 0. The number of methoxy groups -OCH3 is 1. The van der Waals surface area contributed by atoms with E-state index < -0.39 is 11.9 Å². The van der Waals surface area contributed by atoms with Crippen LogP contribution in [-0.4, -0.2) is 31.6 Å². The predicted molar refractivity (Wildman–Crippen MR) is 64.2 cm³/mol. The number of Topliss-reactive ketones (excluding diaryl/α,β-unsaturated/α-hetero) is 1. The summed E-state index contributed by atoms with van der Waals surface area (Å²) in [4.78, 5) is 12.1. The maximum atomic E-state index is 13.7. The van der Waals surface area contributed by atoms with E-state index in [9.17, 15) is 9.18 Å². The fourth-order valence-corrected chi connectivity index (χ4v) is 2.07. The van der Waals surface area contributed by atoms with Crippen LogP contribution in [0.4, 0.5) is 4.39 Å². The molecule has 98 valence electrons. The van der Waals surface area contributed by atoms with Crippen molar-refractivity contribution >= 4 is 5.78 Å². The first-order chi connectivity index (χ1) is 8.65. The standard InChI is InChI=1S/C13H16FNO3/c1-17-8-2-4-10(11(14)6-8)13(16)12-5-3-9(7-15)18-12/h2,4,6,9,12H,3,5,7,15H2,1H3. The van der Waals surface area contributed by atoms with Gasteiger partial charge in [0.2, 0.25) is 0 Å². The van der Waals surface area contributed by atoms with E-state index in [2.05, 4.69) is 0 Å². The van der Waals surface area contributed by atoms with Crippen molar-refractivity contribution in [2.24, 2.45) is 5.73 Å². The molecule has 2 rings (SSSR count). The first-order valence-electron chi connectivity index (χ1n) is 5.89. The Morgan fingerprint density at radius 2 is 2.33 bits per heavy atom. The lowest BCUT2D eigenvalue weighted by Crippen LogP contribution is -2.25. The molecule has 2 atom stereocenters. The van der Waals surface area contributed by atoms with Crippen molar-refractivity contribution in [1.29, 1.82) is 0 Å². The van der Waals surface area contributed by atoms with Crippen LogP contribution < -0.4 is 10.5 Å². The highest BCUT2D eigenvalue weighted by atomic mass is 19.1. The van der Waals surface area contributed by atoms with E-state index in [0.29, 0.717) is 18.7 Å². The van der Waals surface area contributed by atoms with Crippen molar-refractivity contribution in [1.82, 2.24) is 0 Å². The van der Waals surface area contributed by atoms with E-state index in [-0.39, 0.29) is 17.5 Å². The highest BCUT2D eigenvalue weighted by molar-refractivity contribution is 6.00. The molecule has 0 radical (unpaired) electrons. The van der Waals surface area contributed by atoms with E-state index in [1.807, 2.05) is 0 Å². The fraction of sp³-hybridized carbons (Fsp3) is 0.462. The number of nitrogens with two attached hydrogens (primary N) is 1. The number of ketones is 1. The highest BCUT2D eigenvalue weighted by Crippen LogP contribution is 2.25. The SMILES string of the molecule is COc1ccc(C(=O)C2CCC(CN)O2)c(F)c1. The molecule has 1 aromatic carbocycles. The maximum Gasteiger partial charge on any atom is 0.194 e. The molecule has 2 N–H and O–H groups in total. The van der Waals surface area contributed by atoms with Crippen molar-refractivity contribution in [2.45, 2.75) is 25.0 Å². The molecule has 4 nitrogen and oxygen atoms in total. The Bertz CT molecular complexity index is 450. The van der Waals surface area contributed by atoms with Gasteiger partial charge >= 0.3 is 0 Å². The van der Waals surface area contributed by atoms with Gasteiger partial charge in [-0.2, -0.15) is 0 Å². The number of carbonyl (C=O) groups excluding carboxylic acids is 1. The largest absolute Gasteiger partial charge is 0.497 e. The molecule has 0 aromatic heterocycles. The number of ether oxygens (including phenoxy) is 2. The predicted octanol–water partition coefficient (Wildman–Crippen LogP) is 1.52. The second kappa shape index (κ2) is 5.46. The third kappa shape index (κ3) is 2.52. The molecule has 1 aliphatic heterocycles. The van der Waals surface area contributed by atoms with Crippen LogP contribution in [0.25, 0.3) is 0 Å². The second-order valence-electron chi connectivity index (χ2n) is 4.27. The summed E-state index contributed by atoms with van der Waals surface area (Å²) in [6.45, 7) is 0.384. The molecule has 1 fully saturated rings. The van der Waals surface area contributed by atoms with E-state index in [1.54, 1.807) is 6.07 Å². The van der Waals surface area contributed by atoms with Gasteiger partial charge in [0.25, 0.3) is 0 Å². The summed E-state index contributed by atoms with van der Waals surface area (Å²) in [7, 11) is 1.45. The third-order valence-electron chi connectivity index (χ3n) is 3.10. The quantitative estimate of drug-likeness (QED) is 0.826. The normalized spacial score (nSPS) is 23.1. The average Bonchev–Trinajstić information content (AvgIpc) is 2.86. The minimum atomic E-state index is -0.584. The third-order valence-corrected chi connectivity index (χ3v) is 3.10. The first-order valence-corrected chi connectivity index (χ1v) is 5.89. The fourth-order valence-electron chi connectivity index (χ4n) is 2.07. The number of hydrogen-bond donors (Lipinski definition) is 1. The number of benzene rings is 1. The Hall–Kier alpha value is -1.46. The van der Waals surface area contributed by atoms with E-state index in [1.165, 1.54) is 19.2 Å². The van der Waals surface area contributed by atoms with Gasteiger partial charge in [0, 0.05) is 12.6 Å². The summed E-state index contributed by atoms with van der Waals surface area (Å²) in [5.74, 6) is -0.526. The number of carbonyl (C=O) groups is 1. The molecule has 0 bridgehead atoms. The van der Waals surface area contributed by atoms with Crippen molar-refractivity contribution in [2.75, 3.05) is 13.7 Å². The van der Waals surface area contributed by atoms with Gasteiger partial charge in [0.1, 0.15) is 17.7 Å². The zero-order valence-electron chi connectivity index (χ0n) is 10.2. The molecule has 0 aliphatic carbocycles. The van der Waals surface area contributed by atoms with Gasteiger partial charge < -0.3 is 15.2 Å². The molecule has 1 heterocycles. The van der Waals surface area contributed by atoms with Gasteiger partial charge in [-0.05, 0) is 25.0 Å². The summed E-state index contributed by atoms with van der Waals surface area (Å²) in [6.07, 6.45) is 0.651. The molecule has 1 aromatic rings. The minimum Gasteiger partial charge on any atom is -0.497 e. The molecule has 5 heteroatoms. The first kappa shape index (κ1) is 13.0. The molecular weight excluding hydrogens is 237 g/mol. The van der Waals surface area contributed by atoms with Crippen molar-refractivity contribution in [3.05, 3.63) is 29.6 Å². The summed E-state index contributed by atoms with van der Waals surface area (Å²) in [5, 5.41) is 0. The van der Waals surface area contributed by atoms with Crippen molar-refractivity contribution in [3.8, 4) is 5.75 Å². The molecule has 0 saturated carbocycles. The highest BCUT2D eigenvalue weighted by Gasteiger charge is 2.31. The zero-order chi connectivity index (χ0) is 13.1. The Kier molecular flexibility index (Phi) is 3.93. The van der Waals surface area contributed by atoms with Crippen LogP contribution in [0.3, 0.4) is 0 Å². The van der Waals surface area contributed by atoms with Crippen LogP contribution in [-0.2, 0) is 4.74 Å². The Morgan fingerprint density at radius 1 is 1.56 bits per heavy atom. The van der Waals surface area contributed by atoms with Crippen LogP contribution in [0, 0.1) is 5.82 Å². The van der Waals surface area contributed by atoms with E-state index >= 15 is 0 Å². The van der Waals surface area contributed by atoms with Crippen LogP contribution >= 0.6 is 0 Å². The minimum absolute atomic E-state index is 0.0403. The molecule has 0 spiro atoms. The van der Waals surface area contributed by atoms with Crippen molar-refractivity contribution < 1.29 is 18.7 Å². The second-order valence-corrected chi connectivity index (χ2v) is 4.27. The number of rotatable bonds is 4. The van der Waals surface area contributed by atoms with Gasteiger partial charge in [-0.25, -0.2) is 4.39 Å². The summed E-state index contributed by atoms with van der Waals surface area (Å²) < 4.78 is 24.1. The van der Waals surface area contributed by atoms with Crippen LogP contribution in [0.2, 0.25) is 0 Å². The zero-order valence-corrected chi connectivity index (χ0v) is 10.2. The Labute approximate surface area is 105 Å². The van der Waals surface area contributed by atoms with Crippen LogP contribution in [0.1, 0.15) is 23.2 Å². The smallest absolute Gasteiger partial charge is 0.194 e. The van der Waals surface area contributed by atoms with Gasteiger partial charge in [-0.15, -0.1) is 0 Å². The van der Waals surface area contributed by atoms with Gasteiger partial charge in [-0.3, -0.25) is 4.79 Å². The average molecular weight is 253 g/mol. The molecule has 2 unspecified atom stereocenters. The van der Waals surface area contributed by atoms with Gasteiger partial charge in [0.05, 0.1) is 18.8 Å². The molecule has 1 saturated heterocycles. The Morgan fingerprint density at radius 3 is 2.89 bits per heavy atom. The van der Waals surface area contributed by atoms with Crippen LogP contribution in [0.5, 0.6) is 5.75 Å². The summed E-state index contributed by atoms with van der Waals surface area (Å²) in [6, 6.07) is 4.18. The molecule has 0 amide bonds. The lowest BCUT2D eigenvalue weighted by Gasteiger charge is -2.12. The molecule has 1 aliphatic rings. The van der Waals surface area contributed by atoms with E-state index in [0.717, 1.165) is 6.42 Å². The monoisotopic (exact) mass is 253 g/mol. The maximum absolute atomic E-state index is 13.7. The summed E-state index contributed by atoms with van der Waals surface area (Å²) in [5.41, 5.74) is 5.52. The molecular formula is C13H16FNO3. The van der Waals surface area contributed by atoms with Crippen LogP contribution in [0.15, 0.2) is 18.2 Å². The van der Waals surface area contributed by atoms with E-state index in [4.69, 9.17) is 15.2 Å². The van der Waals surface area contributed by atoms with Crippen molar-refractivity contribution in [3.63, 3.8) is 0 Å². The van der Waals surface area contributed by atoms with Gasteiger partial charge in [0.15, 0.2) is 5.78 Å². The number of hydrogen-bond acceptors (Lipinski definition) is 4. The van der Waals surface area contributed by atoms with Gasteiger partial charge in [-0.1, -0.05) is 0 Å². The Balaban J connectivity index is 2.14. The number of halogens is 1. The lowest BCUT2D eigenvalue weighted by atomic mass is 10.0. The topological polar surface area (TPSA) is 61.5 Å².